The number of hydrogen-bond donors (Lipinski definition) is 3. The first-order valence-electron chi connectivity index (χ1n) is 4.67. The van der Waals surface area contributed by atoms with E-state index >= 15 is 0 Å². The van der Waals surface area contributed by atoms with E-state index in [1.807, 2.05) is 0 Å². The van der Waals surface area contributed by atoms with Crippen LogP contribution in [-0.4, -0.2) is 35.0 Å². The molecule has 88 valence electrons. The molecule has 0 radical (unpaired) electrons. The Bertz CT molecular complexity index is 358. The molecule has 0 spiro atoms. The Morgan fingerprint density at radius 2 is 2.25 bits per heavy atom. The van der Waals surface area contributed by atoms with Crippen LogP contribution < -0.4 is 16.3 Å². The number of hydrazine groups is 1. The Kier molecular flexibility index (Phi) is 3.81. The number of nitrogens with one attached hydrogen (secondary N) is 3. The van der Waals surface area contributed by atoms with Gasteiger partial charge in [0.2, 0.25) is 0 Å². The highest BCUT2D eigenvalue weighted by Crippen LogP contribution is 1.93. The van der Waals surface area contributed by atoms with Gasteiger partial charge in [0, 0.05) is 5.71 Å². The summed E-state index contributed by atoms with van der Waals surface area (Å²) < 4.78 is 0. The van der Waals surface area contributed by atoms with Crippen LogP contribution in [0.15, 0.2) is 10.2 Å². The van der Waals surface area contributed by atoms with Gasteiger partial charge in [0.25, 0.3) is 0 Å². The van der Waals surface area contributed by atoms with E-state index in [0.29, 0.717) is 11.4 Å². The first-order valence-corrected chi connectivity index (χ1v) is 4.67. The number of carbonyl (C=O) groups is 2. The molecule has 16 heavy (non-hydrogen) atoms. The molecule has 8 heteroatoms. The fraction of sp³-hybridized carbons (Fsp3) is 0.500. The topological polar surface area (TPSA) is 98.2 Å². The molecule has 0 saturated carbocycles. The summed E-state index contributed by atoms with van der Waals surface area (Å²) in [6.45, 7) is 5.46. The lowest BCUT2D eigenvalue weighted by atomic mass is 10.4. The van der Waals surface area contributed by atoms with Crippen LogP contribution >= 0.6 is 0 Å². The predicted molar refractivity (Wildman–Crippen MR) is 58.8 cm³/mol. The predicted octanol–water partition coefficient (Wildman–Crippen LogP) is -0.00250. The van der Waals surface area contributed by atoms with Crippen molar-refractivity contribution in [1.29, 1.82) is 0 Å². The lowest BCUT2D eigenvalue weighted by Crippen LogP contribution is -2.56. The summed E-state index contributed by atoms with van der Waals surface area (Å²) in [5.74, 6) is 0. The summed E-state index contributed by atoms with van der Waals surface area (Å²) in [5, 5.41) is 8.53. The van der Waals surface area contributed by atoms with Crippen molar-refractivity contribution in [3.05, 3.63) is 0 Å². The molecule has 1 heterocycles. The Morgan fingerprint density at radius 1 is 1.56 bits per heavy atom. The number of hydrogen-bond acceptors (Lipinski definition) is 4. The van der Waals surface area contributed by atoms with Crippen LogP contribution in [0.4, 0.5) is 9.59 Å². The van der Waals surface area contributed by atoms with Crippen LogP contribution in [0, 0.1) is 0 Å². The smallest absolute Gasteiger partial charge is 0.245 e. The van der Waals surface area contributed by atoms with Gasteiger partial charge in [-0.1, -0.05) is 0 Å². The number of rotatable bonds is 2. The lowest BCUT2D eigenvalue weighted by Gasteiger charge is -2.25. The van der Waals surface area contributed by atoms with Gasteiger partial charge >= 0.3 is 12.1 Å². The van der Waals surface area contributed by atoms with Gasteiger partial charge in [-0.3, -0.25) is 0 Å². The zero-order valence-electron chi connectivity index (χ0n) is 9.37. The van der Waals surface area contributed by atoms with Crippen LogP contribution in [0.3, 0.4) is 0 Å². The Balaban J connectivity index is 2.48. The summed E-state index contributed by atoms with van der Waals surface area (Å²) in [6, 6.07) is -1.07. The zero-order chi connectivity index (χ0) is 12.1. The van der Waals surface area contributed by atoms with E-state index in [0.717, 1.165) is 5.01 Å². The minimum atomic E-state index is -0.578. The zero-order valence-corrected chi connectivity index (χ0v) is 9.37. The van der Waals surface area contributed by atoms with Gasteiger partial charge in [-0.05, 0) is 20.8 Å². The van der Waals surface area contributed by atoms with Crippen molar-refractivity contribution >= 4 is 23.5 Å². The minimum absolute atomic E-state index is 0.244. The molecule has 1 aliphatic heterocycles. The summed E-state index contributed by atoms with van der Waals surface area (Å²) in [7, 11) is 0. The van der Waals surface area contributed by atoms with Crippen molar-refractivity contribution in [2.45, 2.75) is 20.8 Å². The molecular formula is C8H14N6O2. The summed E-state index contributed by atoms with van der Waals surface area (Å²) in [6.07, 6.45) is 0. The molecule has 0 aliphatic carbocycles. The second-order valence-corrected chi connectivity index (χ2v) is 3.46. The van der Waals surface area contributed by atoms with Crippen molar-refractivity contribution in [3.63, 3.8) is 0 Å². The number of carbonyl (C=O) groups excluding carboxylic acids is 2. The fourth-order valence-electron chi connectivity index (χ4n) is 0.940. The Morgan fingerprint density at radius 3 is 2.88 bits per heavy atom. The maximum atomic E-state index is 11.3. The van der Waals surface area contributed by atoms with E-state index in [-0.39, 0.29) is 6.54 Å². The van der Waals surface area contributed by atoms with E-state index in [9.17, 15) is 9.59 Å². The van der Waals surface area contributed by atoms with E-state index in [2.05, 4.69) is 26.5 Å². The number of urea groups is 2. The van der Waals surface area contributed by atoms with Crippen molar-refractivity contribution in [2.75, 3.05) is 6.54 Å². The van der Waals surface area contributed by atoms with Gasteiger partial charge in [0.15, 0.2) is 0 Å². The second-order valence-electron chi connectivity index (χ2n) is 3.46. The SMILES string of the molecule is CC(C)=NNC(=O)NN1CC(C)=NNC1=O. The molecule has 0 atom stereocenters. The monoisotopic (exact) mass is 226 g/mol. The molecular weight excluding hydrogens is 212 g/mol. The van der Waals surface area contributed by atoms with Crippen molar-refractivity contribution in [3.8, 4) is 0 Å². The van der Waals surface area contributed by atoms with Crippen molar-refractivity contribution in [1.82, 2.24) is 21.3 Å². The molecule has 8 nitrogen and oxygen atoms in total. The van der Waals surface area contributed by atoms with E-state index < -0.39 is 12.1 Å². The molecule has 1 rings (SSSR count). The highest BCUT2D eigenvalue weighted by Gasteiger charge is 2.20. The largest absolute Gasteiger partial charge is 0.356 e. The number of amides is 4. The van der Waals surface area contributed by atoms with Crippen LogP contribution in [-0.2, 0) is 0 Å². The third-order valence-corrected chi connectivity index (χ3v) is 1.59. The molecule has 0 saturated heterocycles. The molecule has 0 aromatic heterocycles. The first-order chi connectivity index (χ1) is 7.49. The molecule has 0 unspecified atom stereocenters. The highest BCUT2D eigenvalue weighted by atomic mass is 16.2. The van der Waals surface area contributed by atoms with Gasteiger partial charge in [-0.2, -0.15) is 10.2 Å². The third-order valence-electron chi connectivity index (χ3n) is 1.59. The van der Waals surface area contributed by atoms with Gasteiger partial charge in [-0.25, -0.2) is 30.9 Å². The molecule has 0 aromatic rings. The number of hydrazone groups is 2. The molecule has 4 amide bonds. The lowest BCUT2D eigenvalue weighted by molar-refractivity contribution is 0.173. The molecule has 1 aliphatic rings. The summed E-state index contributed by atoms with van der Waals surface area (Å²) >= 11 is 0. The number of nitrogens with zero attached hydrogens (tertiary/aromatic N) is 3. The van der Waals surface area contributed by atoms with Crippen molar-refractivity contribution in [2.24, 2.45) is 10.2 Å². The standard InChI is InChI=1S/C8H14N6O2/c1-5(2)9-11-7(15)13-14-4-6(3)10-12-8(14)16/h4H2,1-3H3,(H,12,16)(H2,11,13,15). The average molecular weight is 226 g/mol. The van der Waals surface area contributed by atoms with Crippen LogP contribution in [0.25, 0.3) is 0 Å². The summed E-state index contributed by atoms with van der Waals surface area (Å²) in [5.41, 5.74) is 8.22. The average Bonchev–Trinajstić information content (AvgIpc) is 2.20. The third kappa shape index (κ3) is 3.56. The van der Waals surface area contributed by atoms with E-state index in [1.165, 1.54) is 0 Å². The molecule has 0 aromatic carbocycles. The minimum Gasteiger partial charge on any atom is -0.245 e. The first kappa shape index (κ1) is 12.0. The van der Waals surface area contributed by atoms with Gasteiger partial charge in [0.05, 0.1) is 12.3 Å². The molecule has 0 fully saturated rings. The van der Waals surface area contributed by atoms with E-state index in [1.54, 1.807) is 20.8 Å². The highest BCUT2D eigenvalue weighted by molar-refractivity contribution is 5.92. The molecule has 0 bridgehead atoms. The fourth-order valence-corrected chi connectivity index (χ4v) is 0.940. The van der Waals surface area contributed by atoms with Gasteiger partial charge in [0.1, 0.15) is 0 Å². The quantitative estimate of drug-likeness (QED) is 0.456. The van der Waals surface area contributed by atoms with Crippen LogP contribution in [0.1, 0.15) is 20.8 Å². The second kappa shape index (κ2) is 5.10. The normalized spacial score (nSPS) is 14.8. The van der Waals surface area contributed by atoms with Crippen molar-refractivity contribution < 1.29 is 9.59 Å². The van der Waals surface area contributed by atoms with Crippen LogP contribution in [0.5, 0.6) is 0 Å². The van der Waals surface area contributed by atoms with Gasteiger partial charge < -0.3 is 0 Å². The Hall–Kier alpha value is -2.12. The maximum absolute atomic E-state index is 11.3. The maximum Gasteiger partial charge on any atom is 0.356 e. The Labute approximate surface area is 92.7 Å². The van der Waals surface area contributed by atoms with E-state index in [4.69, 9.17) is 0 Å². The molecule has 3 N–H and O–H groups in total. The van der Waals surface area contributed by atoms with Crippen LogP contribution in [0.2, 0.25) is 0 Å². The summed E-state index contributed by atoms with van der Waals surface area (Å²) in [4.78, 5) is 22.5. The van der Waals surface area contributed by atoms with Gasteiger partial charge in [-0.15, -0.1) is 0 Å².